The standard InChI is InChI=1S/C12H13N3O/c16-12(8-4-3-5-8)13-11-9-6-1-2-7-10(9)14-15-11/h1-2,6-8H,3-5H2,(H2,13,14,15,16). The number of hydrogen-bond donors (Lipinski definition) is 2. The molecule has 1 aliphatic rings. The highest BCUT2D eigenvalue weighted by atomic mass is 16.2. The van der Waals surface area contributed by atoms with Crippen molar-refractivity contribution in [1.29, 1.82) is 0 Å². The van der Waals surface area contributed by atoms with Crippen molar-refractivity contribution in [1.82, 2.24) is 10.2 Å². The predicted molar refractivity (Wildman–Crippen MR) is 62.1 cm³/mol. The van der Waals surface area contributed by atoms with Crippen LogP contribution in [-0.4, -0.2) is 16.1 Å². The number of nitrogens with zero attached hydrogens (tertiary/aromatic N) is 1. The SMILES string of the molecule is O=C(Nc1n[nH]c2ccccc12)C1CCC1. The molecule has 0 bridgehead atoms. The van der Waals surface area contributed by atoms with Crippen LogP contribution in [-0.2, 0) is 4.79 Å². The zero-order chi connectivity index (χ0) is 11.0. The van der Waals surface area contributed by atoms with Gasteiger partial charge in [0.15, 0.2) is 5.82 Å². The molecular formula is C12H13N3O. The minimum Gasteiger partial charge on any atom is -0.308 e. The van der Waals surface area contributed by atoms with Crippen LogP contribution in [0.25, 0.3) is 10.9 Å². The van der Waals surface area contributed by atoms with Gasteiger partial charge >= 0.3 is 0 Å². The fraction of sp³-hybridized carbons (Fsp3) is 0.333. The van der Waals surface area contributed by atoms with E-state index in [9.17, 15) is 4.79 Å². The maximum Gasteiger partial charge on any atom is 0.228 e. The second-order valence-electron chi connectivity index (χ2n) is 4.23. The third-order valence-corrected chi connectivity index (χ3v) is 3.19. The molecule has 1 heterocycles. The number of aromatic amines is 1. The molecule has 0 saturated heterocycles. The van der Waals surface area contributed by atoms with Crippen molar-refractivity contribution >= 4 is 22.6 Å². The molecule has 1 aliphatic carbocycles. The summed E-state index contributed by atoms with van der Waals surface area (Å²) in [7, 11) is 0. The zero-order valence-electron chi connectivity index (χ0n) is 8.86. The van der Waals surface area contributed by atoms with Crippen molar-refractivity contribution in [2.24, 2.45) is 5.92 Å². The molecule has 0 aliphatic heterocycles. The van der Waals surface area contributed by atoms with Crippen molar-refractivity contribution in [3.8, 4) is 0 Å². The van der Waals surface area contributed by atoms with Crippen molar-refractivity contribution in [2.75, 3.05) is 5.32 Å². The van der Waals surface area contributed by atoms with Crippen molar-refractivity contribution in [3.05, 3.63) is 24.3 Å². The van der Waals surface area contributed by atoms with Gasteiger partial charge in [-0.3, -0.25) is 9.89 Å². The van der Waals surface area contributed by atoms with E-state index in [0.29, 0.717) is 5.82 Å². The van der Waals surface area contributed by atoms with E-state index in [2.05, 4.69) is 15.5 Å². The number of nitrogens with one attached hydrogen (secondary N) is 2. The van der Waals surface area contributed by atoms with Gasteiger partial charge in [-0.2, -0.15) is 5.10 Å². The minimum absolute atomic E-state index is 0.100. The van der Waals surface area contributed by atoms with Gasteiger partial charge in [0.1, 0.15) is 0 Å². The summed E-state index contributed by atoms with van der Waals surface area (Å²) in [6.45, 7) is 0. The van der Waals surface area contributed by atoms with Gasteiger partial charge in [0.2, 0.25) is 5.91 Å². The Balaban J connectivity index is 1.86. The number of carbonyl (C=O) groups excluding carboxylic acids is 1. The summed E-state index contributed by atoms with van der Waals surface area (Å²) >= 11 is 0. The lowest BCUT2D eigenvalue weighted by molar-refractivity contribution is -0.122. The number of anilines is 1. The van der Waals surface area contributed by atoms with Gasteiger partial charge in [-0.1, -0.05) is 18.6 Å². The molecule has 1 amide bonds. The van der Waals surface area contributed by atoms with Crippen LogP contribution in [0.3, 0.4) is 0 Å². The molecule has 82 valence electrons. The summed E-state index contributed by atoms with van der Waals surface area (Å²) in [6, 6.07) is 7.78. The van der Waals surface area contributed by atoms with E-state index in [4.69, 9.17) is 0 Å². The molecule has 2 N–H and O–H groups in total. The summed E-state index contributed by atoms with van der Waals surface area (Å²) in [4.78, 5) is 11.8. The number of hydrogen-bond acceptors (Lipinski definition) is 2. The molecule has 0 radical (unpaired) electrons. The molecule has 0 spiro atoms. The maximum atomic E-state index is 11.8. The van der Waals surface area contributed by atoms with Gasteiger partial charge in [-0.15, -0.1) is 0 Å². The van der Waals surface area contributed by atoms with Gasteiger partial charge in [0.05, 0.1) is 5.52 Å². The second kappa shape index (κ2) is 3.63. The van der Waals surface area contributed by atoms with E-state index in [1.807, 2.05) is 24.3 Å². The predicted octanol–water partition coefficient (Wildman–Crippen LogP) is 2.30. The van der Waals surface area contributed by atoms with Crippen LogP contribution < -0.4 is 5.32 Å². The maximum absolute atomic E-state index is 11.8. The molecule has 2 aromatic rings. The first kappa shape index (κ1) is 9.39. The van der Waals surface area contributed by atoms with Gasteiger partial charge < -0.3 is 5.32 Å². The van der Waals surface area contributed by atoms with Crippen LogP contribution in [0.2, 0.25) is 0 Å². The summed E-state index contributed by atoms with van der Waals surface area (Å²) in [5.41, 5.74) is 0.950. The number of carbonyl (C=O) groups is 1. The normalized spacial score (nSPS) is 16.0. The molecule has 1 aromatic carbocycles. The van der Waals surface area contributed by atoms with E-state index in [1.165, 1.54) is 6.42 Å². The summed E-state index contributed by atoms with van der Waals surface area (Å²) in [5.74, 6) is 0.937. The number of fused-ring (bicyclic) bond motifs is 1. The summed E-state index contributed by atoms with van der Waals surface area (Å²) in [5, 5.41) is 10.9. The Morgan fingerprint density at radius 3 is 2.94 bits per heavy atom. The Hall–Kier alpha value is -1.84. The van der Waals surface area contributed by atoms with Crippen molar-refractivity contribution in [3.63, 3.8) is 0 Å². The number of benzene rings is 1. The topological polar surface area (TPSA) is 57.8 Å². The van der Waals surface area contributed by atoms with Gasteiger partial charge in [0, 0.05) is 11.3 Å². The quantitative estimate of drug-likeness (QED) is 0.807. The van der Waals surface area contributed by atoms with Crippen molar-refractivity contribution in [2.45, 2.75) is 19.3 Å². The van der Waals surface area contributed by atoms with Gasteiger partial charge in [-0.05, 0) is 25.0 Å². The fourth-order valence-electron chi connectivity index (χ4n) is 1.95. The molecule has 1 aromatic heterocycles. The summed E-state index contributed by atoms with van der Waals surface area (Å²) < 4.78 is 0. The highest BCUT2D eigenvalue weighted by Gasteiger charge is 2.25. The lowest BCUT2D eigenvalue weighted by Crippen LogP contribution is -2.28. The Morgan fingerprint density at radius 2 is 2.19 bits per heavy atom. The lowest BCUT2D eigenvalue weighted by Gasteiger charge is -2.23. The molecule has 1 saturated carbocycles. The first-order valence-electron chi connectivity index (χ1n) is 5.58. The minimum atomic E-state index is 0.100. The molecule has 0 unspecified atom stereocenters. The Kier molecular flexibility index (Phi) is 2.13. The van der Waals surface area contributed by atoms with Crippen LogP contribution in [0.5, 0.6) is 0 Å². The first-order chi connectivity index (χ1) is 7.84. The molecule has 4 nitrogen and oxygen atoms in total. The van der Waals surface area contributed by atoms with Gasteiger partial charge in [0.25, 0.3) is 0 Å². The van der Waals surface area contributed by atoms with Crippen LogP contribution in [0.4, 0.5) is 5.82 Å². The van der Waals surface area contributed by atoms with Crippen LogP contribution >= 0.6 is 0 Å². The second-order valence-corrected chi connectivity index (χ2v) is 4.23. The molecule has 0 atom stereocenters. The number of para-hydroxylation sites is 1. The van der Waals surface area contributed by atoms with Crippen LogP contribution in [0.15, 0.2) is 24.3 Å². The zero-order valence-corrected chi connectivity index (χ0v) is 8.86. The van der Waals surface area contributed by atoms with E-state index in [1.54, 1.807) is 0 Å². The number of H-pyrrole nitrogens is 1. The highest BCUT2D eigenvalue weighted by Crippen LogP contribution is 2.28. The monoisotopic (exact) mass is 215 g/mol. The van der Waals surface area contributed by atoms with Crippen LogP contribution in [0, 0.1) is 5.92 Å². The number of amides is 1. The highest BCUT2D eigenvalue weighted by molar-refractivity contribution is 6.00. The third kappa shape index (κ3) is 1.46. The molecule has 1 fully saturated rings. The average Bonchev–Trinajstić information content (AvgIpc) is 2.59. The van der Waals surface area contributed by atoms with E-state index in [0.717, 1.165) is 23.7 Å². The number of aromatic nitrogens is 2. The lowest BCUT2D eigenvalue weighted by atomic mass is 9.85. The van der Waals surface area contributed by atoms with E-state index >= 15 is 0 Å². The Morgan fingerprint density at radius 1 is 1.38 bits per heavy atom. The third-order valence-electron chi connectivity index (χ3n) is 3.19. The molecular weight excluding hydrogens is 202 g/mol. The first-order valence-corrected chi connectivity index (χ1v) is 5.58. The van der Waals surface area contributed by atoms with Crippen molar-refractivity contribution < 1.29 is 4.79 Å². The number of rotatable bonds is 2. The fourth-order valence-corrected chi connectivity index (χ4v) is 1.95. The van der Waals surface area contributed by atoms with E-state index < -0.39 is 0 Å². The molecule has 4 heteroatoms. The molecule has 16 heavy (non-hydrogen) atoms. The summed E-state index contributed by atoms with van der Waals surface area (Å²) in [6.07, 6.45) is 3.18. The average molecular weight is 215 g/mol. The Labute approximate surface area is 93.0 Å². The van der Waals surface area contributed by atoms with Crippen LogP contribution in [0.1, 0.15) is 19.3 Å². The molecule has 3 rings (SSSR count). The largest absolute Gasteiger partial charge is 0.308 e. The smallest absolute Gasteiger partial charge is 0.228 e. The Bertz CT molecular complexity index is 528. The van der Waals surface area contributed by atoms with Gasteiger partial charge in [-0.25, -0.2) is 0 Å². The van der Waals surface area contributed by atoms with E-state index in [-0.39, 0.29) is 11.8 Å².